The largest absolute Gasteiger partial charge is 0.478 e. The van der Waals surface area contributed by atoms with Crippen LogP contribution < -0.4 is 5.32 Å². The van der Waals surface area contributed by atoms with E-state index in [9.17, 15) is 14.7 Å². The monoisotopic (exact) mass is 326 g/mol. The van der Waals surface area contributed by atoms with Gasteiger partial charge in [0.05, 0.1) is 16.8 Å². The number of carbonyl (C=O) groups excluding carboxylic acids is 1. The van der Waals surface area contributed by atoms with Gasteiger partial charge in [-0.25, -0.2) is 9.78 Å². The molecular formula is C17H14N2O3S. The summed E-state index contributed by atoms with van der Waals surface area (Å²) < 4.78 is 0. The van der Waals surface area contributed by atoms with Crippen LogP contribution in [0.25, 0.3) is 10.8 Å². The fourth-order valence-electron chi connectivity index (χ4n) is 2.38. The highest BCUT2D eigenvalue weighted by atomic mass is 32.1. The maximum atomic E-state index is 12.5. The van der Waals surface area contributed by atoms with E-state index in [1.165, 1.54) is 17.4 Å². The van der Waals surface area contributed by atoms with Crippen molar-refractivity contribution < 1.29 is 14.7 Å². The zero-order valence-corrected chi connectivity index (χ0v) is 13.4. The fourth-order valence-corrected chi connectivity index (χ4v) is 3.19. The summed E-state index contributed by atoms with van der Waals surface area (Å²) in [6, 6.07) is 10.4. The Morgan fingerprint density at radius 3 is 2.52 bits per heavy atom. The minimum absolute atomic E-state index is 0.00519. The number of thiazole rings is 1. The van der Waals surface area contributed by atoms with Gasteiger partial charge >= 0.3 is 5.97 Å². The first-order chi connectivity index (χ1) is 11.0. The Hall–Kier alpha value is -2.73. The highest BCUT2D eigenvalue weighted by Crippen LogP contribution is 2.25. The second-order valence-corrected chi connectivity index (χ2v) is 6.33. The molecule has 0 aliphatic heterocycles. The molecule has 1 heterocycles. The van der Waals surface area contributed by atoms with E-state index in [4.69, 9.17) is 0 Å². The molecule has 0 radical (unpaired) electrons. The third kappa shape index (κ3) is 2.80. The average Bonchev–Trinajstić information content (AvgIpc) is 2.83. The highest BCUT2D eigenvalue weighted by Gasteiger charge is 2.20. The van der Waals surface area contributed by atoms with Crippen molar-refractivity contribution in [3.8, 4) is 0 Å². The fraction of sp³-hybridized carbons (Fsp3) is 0.118. The molecular weight excluding hydrogens is 312 g/mol. The van der Waals surface area contributed by atoms with Gasteiger partial charge < -0.3 is 5.11 Å². The summed E-state index contributed by atoms with van der Waals surface area (Å²) in [5.74, 6) is -1.60. The smallest absolute Gasteiger partial charge is 0.337 e. The summed E-state index contributed by atoms with van der Waals surface area (Å²) in [5, 5.41) is 14.0. The number of carboxylic acids is 1. The van der Waals surface area contributed by atoms with E-state index in [0.29, 0.717) is 10.5 Å². The lowest BCUT2D eigenvalue weighted by Gasteiger charge is -2.09. The Morgan fingerprint density at radius 2 is 1.87 bits per heavy atom. The van der Waals surface area contributed by atoms with Crippen molar-refractivity contribution in [2.75, 3.05) is 5.32 Å². The molecule has 5 nitrogen and oxygen atoms in total. The van der Waals surface area contributed by atoms with Crippen LogP contribution in [-0.4, -0.2) is 22.0 Å². The number of aromatic nitrogens is 1. The summed E-state index contributed by atoms with van der Waals surface area (Å²) in [6.45, 7) is 3.78. The van der Waals surface area contributed by atoms with Gasteiger partial charge in [-0.2, -0.15) is 0 Å². The van der Waals surface area contributed by atoms with Crippen LogP contribution in [0.4, 0.5) is 5.13 Å². The molecule has 2 N–H and O–H groups in total. The van der Waals surface area contributed by atoms with Crippen LogP contribution >= 0.6 is 11.3 Å². The SMILES string of the molecule is Cc1nc(NC(=O)c2ccc3ccccc3c2C(=O)O)sc1C. The van der Waals surface area contributed by atoms with Crippen LogP contribution in [-0.2, 0) is 0 Å². The van der Waals surface area contributed by atoms with E-state index >= 15 is 0 Å². The van der Waals surface area contributed by atoms with Crippen molar-refractivity contribution in [2.45, 2.75) is 13.8 Å². The van der Waals surface area contributed by atoms with Crippen molar-refractivity contribution in [1.82, 2.24) is 4.98 Å². The van der Waals surface area contributed by atoms with E-state index in [1.54, 1.807) is 18.2 Å². The Labute approximate surface area is 136 Å². The number of carboxylic acid groups (broad SMARTS) is 1. The first kappa shape index (κ1) is 15.2. The van der Waals surface area contributed by atoms with Gasteiger partial charge in [0.25, 0.3) is 5.91 Å². The number of rotatable bonds is 3. The molecule has 6 heteroatoms. The molecule has 0 saturated heterocycles. The lowest BCUT2D eigenvalue weighted by atomic mass is 9.98. The Kier molecular flexibility index (Phi) is 3.83. The number of nitrogens with zero attached hydrogens (tertiary/aromatic N) is 1. The van der Waals surface area contributed by atoms with E-state index in [0.717, 1.165) is 16.0 Å². The average molecular weight is 326 g/mol. The van der Waals surface area contributed by atoms with Crippen molar-refractivity contribution in [3.05, 3.63) is 58.1 Å². The number of hydrogen-bond acceptors (Lipinski definition) is 4. The lowest BCUT2D eigenvalue weighted by Crippen LogP contribution is -2.16. The van der Waals surface area contributed by atoms with Gasteiger partial charge in [0.1, 0.15) is 0 Å². The number of aromatic carboxylic acids is 1. The summed E-state index contributed by atoms with van der Waals surface area (Å²) in [5.41, 5.74) is 0.981. The summed E-state index contributed by atoms with van der Waals surface area (Å²) in [4.78, 5) is 29.4. The van der Waals surface area contributed by atoms with E-state index < -0.39 is 11.9 Å². The predicted molar refractivity (Wildman–Crippen MR) is 90.4 cm³/mol. The minimum atomic E-state index is -1.13. The summed E-state index contributed by atoms with van der Waals surface area (Å²) >= 11 is 1.36. The molecule has 2 aromatic carbocycles. The second kappa shape index (κ2) is 5.81. The quantitative estimate of drug-likeness (QED) is 0.766. The van der Waals surface area contributed by atoms with Gasteiger partial charge in [-0.15, -0.1) is 11.3 Å². The van der Waals surface area contributed by atoms with Crippen LogP contribution in [0.1, 0.15) is 31.3 Å². The van der Waals surface area contributed by atoms with Crippen LogP contribution in [0.3, 0.4) is 0 Å². The third-order valence-electron chi connectivity index (χ3n) is 3.64. The number of benzene rings is 2. The third-order valence-corrected chi connectivity index (χ3v) is 4.62. The number of anilines is 1. The van der Waals surface area contributed by atoms with Gasteiger partial charge in [-0.1, -0.05) is 30.3 Å². The highest BCUT2D eigenvalue weighted by molar-refractivity contribution is 7.15. The summed E-state index contributed by atoms with van der Waals surface area (Å²) in [6.07, 6.45) is 0. The number of amides is 1. The number of hydrogen-bond donors (Lipinski definition) is 2. The Morgan fingerprint density at radius 1 is 1.13 bits per heavy atom. The Balaban J connectivity index is 2.06. The molecule has 3 rings (SSSR count). The first-order valence-corrected chi connectivity index (χ1v) is 7.79. The predicted octanol–water partition coefficient (Wildman–Crippen LogP) is 3.86. The first-order valence-electron chi connectivity index (χ1n) is 6.98. The molecule has 0 saturated carbocycles. The van der Waals surface area contributed by atoms with Crippen molar-refractivity contribution in [3.63, 3.8) is 0 Å². The number of aryl methyl sites for hydroxylation is 2. The maximum absolute atomic E-state index is 12.5. The van der Waals surface area contributed by atoms with Gasteiger partial charge in [-0.3, -0.25) is 10.1 Å². The maximum Gasteiger partial charge on any atom is 0.337 e. The van der Waals surface area contributed by atoms with E-state index in [-0.39, 0.29) is 11.1 Å². The molecule has 0 aliphatic carbocycles. The number of carbonyl (C=O) groups is 2. The molecule has 0 bridgehead atoms. The molecule has 0 atom stereocenters. The van der Waals surface area contributed by atoms with Gasteiger partial charge in [0, 0.05) is 4.88 Å². The van der Waals surface area contributed by atoms with Crippen molar-refractivity contribution in [1.29, 1.82) is 0 Å². The topological polar surface area (TPSA) is 79.3 Å². The molecule has 116 valence electrons. The van der Waals surface area contributed by atoms with Crippen LogP contribution in [0.5, 0.6) is 0 Å². The molecule has 0 unspecified atom stereocenters. The van der Waals surface area contributed by atoms with Crippen molar-refractivity contribution in [2.24, 2.45) is 0 Å². The zero-order valence-electron chi connectivity index (χ0n) is 12.6. The van der Waals surface area contributed by atoms with Gasteiger partial charge in [0.15, 0.2) is 5.13 Å². The standard InChI is InChI=1S/C17H14N2O3S/c1-9-10(2)23-17(18-9)19-15(20)13-8-7-11-5-3-4-6-12(11)14(13)16(21)22/h3-8H,1-2H3,(H,21,22)(H,18,19,20). The minimum Gasteiger partial charge on any atom is -0.478 e. The summed E-state index contributed by atoms with van der Waals surface area (Å²) in [7, 11) is 0. The Bertz CT molecular complexity index is 911. The van der Waals surface area contributed by atoms with Crippen LogP contribution in [0, 0.1) is 13.8 Å². The molecule has 3 aromatic rings. The molecule has 0 fully saturated rings. The van der Waals surface area contributed by atoms with Crippen molar-refractivity contribution >= 4 is 39.1 Å². The zero-order chi connectivity index (χ0) is 16.6. The van der Waals surface area contributed by atoms with E-state index in [1.807, 2.05) is 26.0 Å². The van der Waals surface area contributed by atoms with Crippen LogP contribution in [0.15, 0.2) is 36.4 Å². The normalized spacial score (nSPS) is 10.7. The molecule has 0 aliphatic rings. The second-order valence-electron chi connectivity index (χ2n) is 5.13. The van der Waals surface area contributed by atoms with E-state index in [2.05, 4.69) is 10.3 Å². The lowest BCUT2D eigenvalue weighted by molar-refractivity contribution is 0.0695. The number of nitrogens with one attached hydrogen (secondary N) is 1. The van der Waals surface area contributed by atoms with Crippen LogP contribution in [0.2, 0.25) is 0 Å². The molecule has 1 amide bonds. The molecule has 1 aromatic heterocycles. The van der Waals surface area contributed by atoms with Gasteiger partial charge in [0.2, 0.25) is 0 Å². The van der Waals surface area contributed by atoms with Gasteiger partial charge in [-0.05, 0) is 30.7 Å². The molecule has 23 heavy (non-hydrogen) atoms. The number of fused-ring (bicyclic) bond motifs is 1. The molecule has 0 spiro atoms.